The second-order valence-corrected chi connectivity index (χ2v) is 5.65. The van der Waals surface area contributed by atoms with Crippen molar-refractivity contribution in [2.75, 3.05) is 18.0 Å². The summed E-state index contributed by atoms with van der Waals surface area (Å²) in [7, 11) is 0. The van der Waals surface area contributed by atoms with Gasteiger partial charge in [-0.15, -0.1) is 0 Å². The Hall–Kier alpha value is -1.55. The fourth-order valence-corrected chi connectivity index (χ4v) is 3.04. The molecule has 1 aromatic carbocycles. The van der Waals surface area contributed by atoms with Crippen LogP contribution in [0.4, 0.5) is 5.69 Å². The second kappa shape index (κ2) is 5.83. The highest BCUT2D eigenvalue weighted by Gasteiger charge is 2.31. The van der Waals surface area contributed by atoms with Gasteiger partial charge in [-0.25, -0.2) is 0 Å². The molecule has 0 spiro atoms. The number of carbonyl (C=O) groups is 1. The molecule has 2 atom stereocenters. The number of benzene rings is 1. The summed E-state index contributed by atoms with van der Waals surface area (Å²) in [5.74, 6) is 0.885. The van der Waals surface area contributed by atoms with Crippen LogP contribution in [0, 0.1) is 0 Å². The molecule has 2 heterocycles. The zero-order valence-corrected chi connectivity index (χ0v) is 12.0. The summed E-state index contributed by atoms with van der Waals surface area (Å²) in [6.45, 7) is 3.69. The molecule has 3 rings (SSSR count). The van der Waals surface area contributed by atoms with E-state index in [-0.39, 0.29) is 12.0 Å². The summed E-state index contributed by atoms with van der Waals surface area (Å²) < 4.78 is 5.66. The van der Waals surface area contributed by atoms with E-state index in [0.29, 0.717) is 6.04 Å². The quantitative estimate of drug-likeness (QED) is 0.920. The summed E-state index contributed by atoms with van der Waals surface area (Å²) in [6, 6.07) is 8.35. The molecular weight excluding hydrogens is 252 g/mol. The Morgan fingerprint density at radius 3 is 3.00 bits per heavy atom. The van der Waals surface area contributed by atoms with Gasteiger partial charge in [0.2, 0.25) is 0 Å². The van der Waals surface area contributed by atoms with E-state index < -0.39 is 0 Å². The summed E-state index contributed by atoms with van der Waals surface area (Å²) in [6.07, 6.45) is 4.40. The molecule has 0 saturated carbocycles. The molecule has 108 valence electrons. The maximum atomic E-state index is 12.3. The second-order valence-electron chi connectivity index (χ2n) is 5.65. The van der Waals surface area contributed by atoms with Crippen molar-refractivity contribution in [1.29, 1.82) is 0 Å². The number of para-hydroxylation sites is 2. The lowest BCUT2D eigenvalue weighted by atomic mass is 10.0. The number of carbonyl (C=O) groups excluding carboxylic acids is 1. The van der Waals surface area contributed by atoms with Gasteiger partial charge in [0.15, 0.2) is 6.10 Å². The van der Waals surface area contributed by atoms with E-state index in [1.54, 1.807) is 0 Å². The van der Waals surface area contributed by atoms with Gasteiger partial charge in [-0.2, -0.15) is 0 Å². The average molecular weight is 274 g/mol. The first-order chi connectivity index (χ1) is 9.75. The molecule has 0 aliphatic carbocycles. The van der Waals surface area contributed by atoms with Crippen LogP contribution in [0.25, 0.3) is 0 Å². The number of anilines is 1. The maximum Gasteiger partial charge on any atom is 0.267 e. The lowest BCUT2D eigenvalue weighted by molar-refractivity contribution is -0.125. The predicted octanol–water partition coefficient (Wildman–Crippen LogP) is 2.33. The highest BCUT2D eigenvalue weighted by Crippen LogP contribution is 2.33. The first kappa shape index (κ1) is 13.4. The largest absolute Gasteiger partial charge is 0.479 e. The van der Waals surface area contributed by atoms with Gasteiger partial charge >= 0.3 is 0 Å². The van der Waals surface area contributed by atoms with Crippen molar-refractivity contribution in [3.8, 4) is 5.75 Å². The van der Waals surface area contributed by atoms with Crippen LogP contribution in [-0.4, -0.2) is 31.1 Å². The zero-order valence-electron chi connectivity index (χ0n) is 12.0. The molecule has 2 unspecified atom stereocenters. The number of hydrogen-bond acceptors (Lipinski definition) is 3. The van der Waals surface area contributed by atoms with Gasteiger partial charge in [0.1, 0.15) is 5.75 Å². The van der Waals surface area contributed by atoms with Gasteiger partial charge in [-0.1, -0.05) is 18.6 Å². The molecule has 0 aromatic heterocycles. The average Bonchev–Trinajstić information content (AvgIpc) is 2.49. The molecule has 4 nitrogen and oxygen atoms in total. The van der Waals surface area contributed by atoms with Crippen molar-refractivity contribution in [3.63, 3.8) is 0 Å². The Kier molecular flexibility index (Phi) is 3.92. The number of fused-ring (bicyclic) bond motifs is 1. The topological polar surface area (TPSA) is 41.6 Å². The number of ether oxygens (including phenoxy) is 1. The Bertz CT molecular complexity index is 483. The minimum atomic E-state index is -0.385. The summed E-state index contributed by atoms with van der Waals surface area (Å²) >= 11 is 0. The van der Waals surface area contributed by atoms with Crippen molar-refractivity contribution in [2.24, 2.45) is 0 Å². The standard InChI is InChI=1S/C16H22N2O2/c1-12-16(19)18(11-9-13-6-4-5-10-17-13)14-7-2-3-8-15(14)20-12/h2-3,7-8,12-13,17H,4-6,9-11H2,1H3. The van der Waals surface area contributed by atoms with E-state index >= 15 is 0 Å². The third kappa shape index (κ3) is 2.66. The van der Waals surface area contributed by atoms with Gasteiger partial charge in [0.05, 0.1) is 5.69 Å². The third-order valence-corrected chi connectivity index (χ3v) is 4.19. The van der Waals surface area contributed by atoms with Crippen molar-refractivity contribution < 1.29 is 9.53 Å². The molecule has 1 saturated heterocycles. The van der Waals surface area contributed by atoms with Gasteiger partial charge in [-0.05, 0) is 44.9 Å². The number of nitrogens with one attached hydrogen (secondary N) is 1. The molecule has 20 heavy (non-hydrogen) atoms. The highest BCUT2D eigenvalue weighted by atomic mass is 16.5. The van der Waals surface area contributed by atoms with Gasteiger partial charge < -0.3 is 15.0 Å². The summed E-state index contributed by atoms with van der Waals surface area (Å²) in [5, 5.41) is 3.54. The molecule has 4 heteroatoms. The Morgan fingerprint density at radius 2 is 2.20 bits per heavy atom. The van der Waals surface area contributed by atoms with E-state index in [2.05, 4.69) is 5.32 Å². The van der Waals surface area contributed by atoms with Crippen LogP contribution in [0.1, 0.15) is 32.6 Å². The van der Waals surface area contributed by atoms with E-state index in [1.807, 2.05) is 36.1 Å². The summed E-state index contributed by atoms with van der Waals surface area (Å²) in [4.78, 5) is 14.2. The summed E-state index contributed by atoms with van der Waals surface area (Å²) in [5.41, 5.74) is 0.909. The van der Waals surface area contributed by atoms with Crippen molar-refractivity contribution >= 4 is 11.6 Å². The van der Waals surface area contributed by atoms with Crippen molar-refractivity contribution in [1.82, 2.24) is 5.32 Å². The van der Waals surface area contributed by atoms with Crippen molar-refractivity contribution in [2.45, 2.75) is 44.8 Å². The number of nitrogens with zero attached hydrogens (tertiary/aromatic N) is 1. The SMILES string of the molecule is CC1Oc2ccccc2N(CCC2CCCCN2)C1=O. The Labute approximate surface area is 120 Å². The third-order valence-electron chi connectivity index (χ3n) is 4.19. The zero-order chi connectivity index (χ0) is 13.9. The molecule has 1 aromatic rings. The van der Waals surface area contributed by atoms with E-state index in [0.717, 1.165) is 30.9 Å². The first-order valence-electron chi connectivity index (χ1n) is 7.56. The number of piperidine rings is 1. The molecule has 1 N–H and O–H groups in total. The van der Waals surface area contributed by atoms with Crippen molar-refractivity contribution in [3.05, 3.63) is 24.3 Å². The fraction of sp³-hybridized carbons (Fsp3) is 0.562. The van der Waals surface area contributed by atoms with Crippen LogP contribution in [0.15, 0.2) is 24.3 Å². The molecule has 2 aliphatic heterocycles. The molecule has 1 fully saturated rings. The Balaban J connectivity index is 1.72. The Morgan fingerprint density at radius 1 is 1.35 bits per heavy atom. The van der Waals surface area contributed by atoms with Gasteiger partial charge in [-0.3, -0.25) is 4.79 Å². The molecule has 0 bridgehead atoms. The van der Waals surface area contributed by atoms with E-state index in [9.17, 15) is 4.79 Å². The van der Waals surface area contributed by atoms with Crippen LogP contribution in [0.3, 0.4) is 0 Å². The van der Waals surface area contributed by atoms with Crippen LogP contribution in [-0.2, 0) is 4.79 Å². The van der Waals surface area contributed by atoms with Gasteiger partial charge in [0.25, 0.3) is 5.91 Å². The maximum absolute atomic E-state index is 12.3. The number of amides is 1. The lowest BCUT2D eigenvalue weighted by Crippen LogP contribution is -2.46. The minimum absolute atomic E-state index is 0.0690. The molecule has 2 aliphatic rings. The molecular formula is C16H22N2O2. The van der Waals surface area contributed by atoms with Crippen LogP contribution in [0.2, 0.25) is 0 Å². The molecule has 1 amide bonds. The normalized spacial score (nSPS) is 26.1. The van der Waals surface area contributed by atoms with E-state index in [4.69, 9.17) is 4.74 Å². The minimum Gasteiger partial charge on any atom is -0.479 e. The first-order valence-corrected chi connectivity index (χ1v) is 7.56. The van der Waals surface area contributed by atoms with E-state index in [1.165, 1.54) is 19.3 Å². The predicted molar refractivity (Wildman–Crippen MR) is 79.1 cm³/mol. The van der Waals surface area contributed by atoms with Gasteiger partial charge in [0, 0.05) is 12.6 Å². The fourth-order valence-electron chi connectivity index (χ4n) is 3.04. The number of rotatable bonds is 3. The smallest absolute Gasteiger partial charge is 0.267 e. The lowest BCUT2D eigenvalue weighted by Gasteiger charge is -2.34. The monoisotopic (exact) mass is 274 g/mol. The number of hydrogen-bond donors (Lipinski definition) is 1. The molecule has 0 radical (unpaired) electrons. The van der Waals surface area contributed by atoms with Crippen LogP contribution >= 0.6 is 0 Å². The highest BCUT2D eigenvalue weighted by molar-refractivity contribution is 5.99. The van der Waals surface area contributed by atoms with Crippen LogP contribution < -0.4 is 15.0 Å². The van der Waals surface area contributed by atoms with Crippen LogP contribution in [0.5, 0.6) is 5.75 Å².